The second-order valence-corrected chi connectivity index (χ2v) is 5.61. The van der Waals surface area contributed by atoms with Crippen molar-refractivity contribution in [2.45, 2.75) is 39.2 Å². The quantitative estimate of drug-likeness (QED) is 0.890. The summed E-state index contributed by atoms with van der Waals surface area (Å²) in [6, 6.07) is 0. The van der Waals surface area contributed by atoms with Gasteiger partial charge in [-0.15, -0.1) is 0 Å². The van der Waals surface area contributed by atoms with Gasteiger partial charge in [0, 0.05) is 36.1 Å². The van der Waals surface area contributed by atoms with Gasteiger partial charge in [0.15, 0.2) is 0 Å². The van der Waals surface area contributed by atoms with Crippen molar-refractivity contribution >= 4 is 5.82 Å². The van der Waals surface area contributed by atoms with Gasteiger partial charge in [0.2, 0.25) is 0 Å². The van der Waals surface area contributed by atoms with Gasteiger partial charge < -0.3 is 10.4 Å². The lowest BCUT2D eigenvalue weighted by atomic mass is 10.1. The molecule has 0 aliphatic heterocycles. The van der Waals surface area contributed by atoms with Crippen LogP contribution in [0.2, 0.25) is 0 Å². The first-order valence-electron chi connectivity index (χ1n) is 7.32. The molecule has 0 fully saturated rings. The van der Waals surface area contributed by atoms with E-state index in [0.717, 1.165) is 47.7 Å². The Bertz CT molecular complexity index is 664. The summed E-state index contributed by atoms with van der Waals surface area (Å²) < 4.78 is 1.80. The van der Waals surface area contributed by atoms with Gasteiger partial charge in [-0.3, -0.25) is 4.68 Å². The molecular weight excluding hydrogens is 266 g/mol. The van der Waals surface area contributed by atoms with E-state index in [2.05, 4.69) is 20.4 Å². The molecule has 2 N–H and O–H groups in total. The monoisotopic (exact) mass is 287 g/mol. The molecule has 1 atom stereocenters. The number of rotatable bonds is 4. The molecule has 0 amide bonds. The van der Waals surface area contributed by atoms with E-state index in [-0.39, 0.29) is 0 Å². The molecule has 1 aliphatic carbocycles. The highest BCUT2D eigenvalue weighted by molar-refractivity contribution is 5.48. The Hall–Kier alpha value is -1.95. The van der Waals surface area contributed by atoms with Crippen molar-refractivity contribution in [3.05, 3.63) is 34.5 Å². The van der Waals surface area contributed by atoms with Crippen LogP contribution in [0.4, 0.5) is 5.82 Å². The van der Waals surface area contributed by atoms with Crippen LogP contribution in [0, 0.1) is 13.8 Å². The van der Waals surface area contributed by atoms with Gasteiger partial charge in [0.05, 0.1) is 11.8 Å². The highest BCUT2D eigenvalue weighted by atomic mass is 16.3. The van der Waals surface area contributed by atoms with Gasteiger partial charge in [-0.2, -0.15) is 5.10 Å². The molecule has 1 unspecified atom stereocenters. The highest BCUT2D eigenvalue weighted by Crippen LogP contribution is 2.26. The van der Waals surface area contributed by atoms with Gasteiger partial charge in [0.25, 0.3) is 0 Å². The minimum Gasteiger partial charge on any atom is -0.386 e. The van der Waals surface area contributed by atoms with Crippen LogP contribution in [-0.2, 0) is 19.9 Å². The first-order valence-corrected chi connectivity index (χ1v) is 7.32. The van der Waals surface area contributed by atoms with Crippen LogP contribution in [0.1, 0.15) is 40.7 Å². The summed E-state index contributed by atoms with van der Waals surface area (Å²) in [5, 5.41) is 18.1. The average Bonchev–Trinajstić information content (AvgIpc) is 3.02. The number of aliphatic hydroxyl groups excluding tert-OH is 1. The van der Waals surface area contributed by atoms with Crippen LogP contribution in [0.25, 0.3) is 0 Å². The fraction of sp³-hybridized carbons (Fsp3) is 0.533. The van der Waals surface area contributed by atoms with E-state index in [1.807, 2.05) is 20.9 Å². The zero-order chi connectivity index (χ0) is 15.0. The van der Waals surface area contributed by atoms with Crippen molar-refractivity contribution in [2.24, 2.45) is 7.05 Å². The van der Waals surface area contributed by atoms with Crippen molar-refractivity contribution in [1.82, 2.24) is 19.7 Å². The number of hydrogen-bond donors (Lipinski definition) is 2. The molecular formula is C15H21N5O. The number of anilines is 1. The standard InChI is InChI=1S/C15H21N5O/c1-9-14(10(2)20(3)19-9)13(21)7-16-15-11-5-4-6-12(11)17-8-18-15/h8,13,21H,4-7H2,1-3H3,(H,16,17,18). The van der Waals surface area contributed by atoms with Crippen LogP contribution >= 0.6 is 0 Å². The van der Waals surface area contributed by atoms with Crippen molar-refractivity contribution in [3.63, 3.8) is 0 Å². The van der Waals surface area contributed by atoms with Crippen molar-refractivity contribution < 1.29 is 5.11 Å². The van der Waals surface area contributed by atoms with Crippen LogP contribution in [0.15, 0.2) is 6.33 Å². The van der Waals surface area contributed by atoms with Crippen molar-refractivity contribution in [3.8, 4) is 0 Å². The summed E-state index contributed by atoms with van der Waals surface area (Å²) in [4.78, 5) is 8.62. The normalized spacial score (nSPS) is 15.0. The molecule has 0 radical (unpaired) electrons. The van der Waals surface area contributed by atoms with Gasteiger partial charge in [-0.25, -0.2) is 9.97 Å². The Morgan fingerprint density at radius 1 is 1.33 bits per heavy atom. The van der Waals surface area contributed by atoms with Gasteiger partial charge >= 0.3 is 0 Å². The average molecular weight is 287 g/mol. The van der Waals surface area contributed by atoms with Gasteiger partial charge in [-0.05, 0) is 33.1 Å². The minimum absolute atomic E-state index is 0.427. The second-order valence-electron chi connectivity index (χ2n) is 5.61. The minimum atomic E-state index is -0.592. The van der Waals surface area contributed by atoms with Gasteiger partial charge in [-0.1, -0.05) is 0 Å². The summed E-state index contributed by atoms with van der Waals surface area (Å²) >= 11 is 0. The highest BCUT2D eigenvalue weighted by Gasteiger charge is 2.20. The summed E-state index contributed by atoms with van der Waals surface area (Å²) in [6.45, 7) is 4.33. The fourth-order valence-corrected chi connectivity index (χ4v) is 3.08. The molecule has 21 heavy (non-hydrogen) atoms. The smallest absolute Gasteiger partial charge is 0.132 e. The molecule has 0 aromatic carbocycles. The Balaban J connectivity index is 1.75. The number of aliphatic hydroxyl groups is 1. The molecule has 112 valence electrons. The van der Waals surface area contributed by atoms with E-state index in [9.17, 15) is 5.11 Å². The number of hydrogen-bond acceptors (Lipinski definition) is 5. The lowest BCUT2D eigenvalue weighted by molar-refractivity contribution is 0.190. The Morgan fingerprint density at radius 3 is 2.86 bits per heavy atom. The van der Waals surface area contributed by atoms with E-state index in [4.69, 9.17) is 0 Å². The molecule has 0 spiro atoms. The molecule has 3 rings (SSSR count). The third kappa shape index (κ3) is 2.51. The van der Waals surface area contributed by atoms with Crippen molar-refractivity contribution in [2.75, 3.05) is 11.9 Å². The summed E-state index contributed by atoms with van der Waals surface area (Å²) in [5.74, 6) is 0.857. The Morgan fingerprint density at radius 2 is 2.14 bits per heavy atom. The largest absolute Gasteiger partial charge is 0.386 e. The number of nitrogens with one attached hydrogen (secondary N) is 1. The first kappa shape index (κ1) is 14.0. The van der Waals surface area contributed by atoms with E-state index >= 15 is 0 Å². The molecule has 6 heteroatoms. The number of fused-ring (bicyclic) bond motifs is 1. The van der Waals surface area contributed by atoms with E-state index < -0.39 is 6.10 Å². The van der Waals surface area contributed by atoms with Crippen LogP contribution in [-0.4, -0.2) is 31.4 Å². The lowest BCUT2D eigenvalue weighted by Gasteiger charge is -2.15. The maximum absolute atomic E-state index is 10.4. The number of nitrogens with zero attached hydrogens (tertiary/aromatic N) is 4. The predicted octanol–water partition coefficient (Wildman–Crippen LogP) is 1.46. The van der Waals surface area contributed by atoms with E-state index in [0.29, 0.717) is 6.54 Å². The van der Waals surface area contributed by atoms with Gasteiger partial charge in [0.1, 0.15) is 12.1 Å². The van der Waals surface area contributed by atoms with Crippen LogP contribution in [0.3, 0.4) is 0 Å². The summed E-state index contributed by atoms with van der Waals surface area (Å²) in [5.41, 5.74) is 5.10. The zero-order valence-electron chi connectivity index (χ0n) is 12.7. The maximum atomic E-state index is 10.4. The molecule has 2 aromatic rings. The molecule has 1 aliphatic rings. The lowest BCUT2D eigenvalue weighted by Crippen LogP contribution is -2.15. The van der Waals surface area contributed by atoms with Crippen molar-refractivity contribution in [1.29, 1.82) is 0 Å². The second kappa shape index (κ2) is 5.44. The third-order valence-electron chi connectivity index (χ3n) is 4.24. The fourth-order valence-electron chi connectivity index (χ4n) is 3.08. The first-order chi connectivity index (χ1) is 10.1. The summed E-state index contributed by atoms with van der Waals surface area (Å²) in [6.07, 6.45) is 4.17. The third-order valence-corrected chi connectivity index (χ3v) is 4.24. The predicted molar refractivity (Wildman–Crippen MR) is 80.2 cm³/mol. The van der Waals surface area contributed by atoms with Crippen LogP contribution < -0.4 is 5.32 Å². The molecule has 6 nitrogen and oxygen atoms in total. The SMILES string of the molecule is Cc1nn(C)c(C)c1C(O)CNc1ncnc2c1CCC2. The topological polar surface area (TPSA) is 75.9 Å². The Kier molecular flexibility index (Phi) is 3.63. The molecule has 2 aromatic heterocycles. The maximum Gasteiger partial charge on any atom is 0.132 e. The molecule has 0 saturated carbocycles. The Labute approximate surface area is 124 Å². The summed E-state index contributed by atoms with van der Waals surface area (Å²) in [7, 11) is 1.89. The number of aryl methyl sites for hydroxylation is 3. The molecule has 0 saturated heterocycles. The van der Waals surface area contributed by atoms with E-state index in [1.54, 1.807) is 11.0 Å². The number of aromatic nitrogens is 4. The van der Waals surface area contributed by atoms with E-state index in [1.165, 1.54) is 5.56 Å². The van der Waals surface area contributed by atoms with Crippen LogP contribution in [0.5, 0.6) is 0 Å². The molecule has 0 bridgehead atoms. The molecule has 2 heterocycles. The zero-order valence-corrected chi connectivity index (χ0v) is 12.7.